The second-order valence-electron chi connectivity index (χ2n) is 6.56. The zero-order valence-electron chi connectivity index (χ0n) is 16.1. The van der Waals surface area contributed by atoms with Gasteiger partial charge in [-0.05, 0) is 43.5 Å². The molecule has 5 nitrogen and oxygen atoms in total. The maximum atomic E-state index is 13.0. The molecule has 1 amide bonds. The van der Waals surface area contributed by atoms with Gasteiger partial charge in [-0.15, -0.1) is 5.10 Å². The van der Waals surface area contributed by atoms with E-state index in [1.54, 1.807) is 12.1 Å². The number of rotatable bonds is 7. The molecule has 0 spiro atoms. The van der Waals surface area contributed by atoms with Crippen LogP contribution in [0.1, 0.15) is 37.9 Å². The summed E-state index contributed by atoms with van der Waals surface area (Å²) in [7, 11) is 0. The maximum absolute atomic E-state index is 13.0. The lowest BCUT2D eigenvalue weighted by Gasteiger charge is -2.17. The van der Waals surface area contributed by atoms with Crippen LogP contribution in [0.15, 0.2) is 53.7 Å². The number of hydrogen-bond acceptors (Lipinski definition) is 4. The van der Waals surface area contributed by atoms with Gasteiger partial charge in [-0.1, -0.05) is 55.1 Å². The average Bonchev–Trinajstić information content (AvgIpc) is 3.17. The topological polar surface area (TPSA) is 70.7 Å². The van der Waals surface area contributed by atoms with Crippen molar-refractivity contribution in [2.24, 2.45) is 0 Å². The number of halogens is 1. The van der Waals surface area contributed by atoms with Crippen LogP contribution >= 0.6 is 11.8 Å². The lowest BCUT2D eigenvalue weighted by atomic mass is 10.1. The van der Waals surface area contributed by atoms with Crippen molar-refractivity contribution in [2.75, 3.05) is 0 Å². The molecule has 2 N–H and O–H groups in total. The predicted molar refractivity (Wildman–Crippen MR) is 109 cm³/mol. The second kappa shape index (κ2) is 9.01. The van der Waals surface area contributed by atoms with Crippen LogP contribution in [-0.4, -0.2) is 26.3 Å². The molecular weight excluding hydrogens is 375 g/mol. The SMILES string of the molecule is CCc1ccc(-c2nc(SC(C)C(=O)NC(C)c3ccc(F)cc3)n[nH]2)cc1. The van der Waals surface area contributed by atoms with Gasteiger partial charge in [-0.3, -0.25) is 9.89 Å². The van der Waals surface area contributed by atoms with E-state index in [0.717, 1.165) is 17.5 Å². The van der Waals surface area contributed by atoms with E-state index >= 15 is 0 Å². The molecule has 0 saturated heterocycles. The molecule has 146 valence electrons. The summed E-state index contributed by atoms with van der Waals surface area (Å²) < 4.78 is 13.0. The molecule has 28 heavy (non-hydrogen) atoms. The number of nitrogens with zero attached hydrogens (tertiary/aromatic N) is 2. The molecule has 0 saturated carbocycles. The summed E-state index contributed by atoms with van der Waals surface area (Å²) in [4.78, 5) is 17.0. The summed E-state index contributed by atoms with van der Waals surface area (Å²) in [6, 6.07) is 14.1. The molecule has 0 fully saturated rings. The van der Waals surface area contributed by atoms with Gasteiger partial charge in [0.1, 0.15) is 5.82 Å². The quantitative estimate of drug-likeness (QED) is 0.574. The third-order valence-corrected chi connectivity index (χ3v) is 5.44. The molecule has 0 aliphatic carbocycles. The van der Waals surface area contributed by atoms with Gasteiger partial charge in [-0.25, -0.2) is 9.37 Å². The summed E-state index contributed by atoms with van der Waals surface area (Å²) in [5.41, 5.74) is 3.07. The van der Waals surface area contributed by atoms with E-state index < -0.39 is 0 Å². The van der Waals surface area contributed by atoms with Gasteiger partial charge in [-0.2, -0.15) is 0 Å². The van der Waals surface area contributed by atoms with Crippen LogP contribution in [0.2, 0.25) is 0 Å². The second-order valence-corrected chi connectivity index (χ2v) is 7.87. The van der Waals surface area contributed by atoms with Crippen LogP contribution in [0.3, 0.4) is 0 Å². The number of carbonyl (C=O) groups excluding carboxylic acids is 1. The summed E-state index contributed by atoms with van der Waals surface area (Å²) in [6.07, 6.45) is 0.987. The number of nitrogens with one attached hydrogen (secondary N) is 2. The molecule has 1 aromatic heterocycles. The molecule has 0 radical (unpaired) electrons. The van der Waals surface area contributed by atoms with Crippen molar-refractivity contribution in [1.82, 2.24) is 20.5 Å². The fourth-order valence-corrected chi connectivity index (χ4v) is 3.44. The van der Waals surface area contributed by atoms with E-state index in [1.807, 2.05) is 26.0 Å². The van der Waals surface area contributed by atoms with E-state index in [0.29, 0.717) is 11.0 Å². The van der Waals surface area contributed by atoms with Gasteiger partial charge in [0.05, 0.1) is 11.3 Å². The number of carbonyl (C=O) groups is 1. The molecule has 2 aromatic carbocycles. The van der Waals surface area contributed by atoms with Crippen molar-refractivity contribution in [3.05, 3.63) is 65.5 Å². The minimum Gasteiger partial charge on any atom is -0.349 e. The van der Waals surface area contributed by atoms with Gasteiger partial charge < -0.3 is 5.32 Å². The van der Waals surface area contributed by atoms with Gasteiger partial charge in [0, 0.05) is 5.56 Å². The standard InChI is InChI=1S/C21H23FN4OS/c1-4-15-5-7-17(8-6-15)19-24-21(26-25-19)28-14(3)20(27)23-13(2)16-9-11-18(22)12-10-16/h5-14H,4H2,1-3H3,(H,23,27)(H,24,25,26). The highest BCUT2D eigenvalue weighted by Crippen LogP contribution is 2.24. The van der Waals surface area contributed by atoms with E-state index in [1.165, 1.54) is 29.5 Å². The fraction of sp³-hybridized carbons (Fsp3) is 0.286. The highest BCUT2D eigenvalue weighted by Gasteiger charge is 2.19. The van der Waals surface area contributed by atoms with Crippen molar-refractivity contribution >= 4 is 17.7 Å². The van der Waals surface area contributed by atoms with E-state index in [2.05, 4.69) is 39.6 Å². The number of aromatic amines is 1. The smallest absolute Gasteiger partial charge is 0.233 e. The first kappa shape index (κ1) is 20.1. The third kappa shape index (κ3) is 4.98. The molecule has 2 unspecified atom stereocenters. The summed E-state index contributed by atoms with van der Waals surface area (Å²) in [6.45, 7) is 5.79. The molecule has 0 aliphatic rings. The number of amides is 1. The van der Waals surface area contributed by atoms with Crippen LogP contribution in [0, 0.1) is 5.82 Å². The number of aryl methyl sites for hydroxylation is 1. The normalized spacial score (nSPS) is 13.1. The number of hydrogen-bond donors (Lipinski definition) is 2. The van der Waals surface area contributed by atoms with Crippen molar-refractivity contribution in [3.63, 3.8) is 0 Å². The van der Waals surface area contributed by atoms with E-state index in [-0.39, 0.29) is 23.0 Å². The zero-order valence-corrected chi connectivity index (χ0v) is 16.9. The van der Waals surface area contributed by atoms with Crippen molar-refractivity contribution in [3.8, 4) is 11.4 Å². The van der Waals surface area contributed by atoms with Crippen LogP contribution in [0.25, 0.3) is 11.4 Å². The summed E-state index contributed by atoms with van der Waals surface area (Å²) in [5.74, 6) is 0.258. The third-order valence-electron chi connectivity index (χ3n) is 4.48. The van der Waals surface area contributed by atoms with Gasteiger partial charge in [0.15, 0.2) is 5.82 Å². The molecule has 0 aliphatic heterocycles. The average molecular weight is 399 g/mol. The van der Waals surface area contributed by atoms with Crippen LogP contribution in [-0.2, 0) is 11.2 Å². The summed E-state index contributed by atoms with van der Waals surface area (Å²) >= 11 is 1.29. The maximum Gasteiger partial charge on any atom is 0.233 e. The molecule has 2 atom stereocenters. The highest BCUT2D eigenvalue weighted by atomic mass is 32.2. The molecule has 3 rings (SSSR count). The minimum absolute atomic E-state index is 0.125. The Bertz CT molecular complexity index is 924. The molecule has 3 aromatic rings. The highest BCUT2D eigenvalue weighted by molar-refractivity contribution is 8.00. The Labute approximate surface area is 168 Å². The molecule has 1 heterocycles. The van der Waals surface area contributed by atoms with Crippen molar-refractivity contribution in [1.29, 1.82) is 0 Å². The lowest BCUT2D eigenvalue weighted by Crippen LogP contribution is -2.33. The molecule has 7 heteroatoms. The fourth-order valence-electron chi connectivity index (χ4n) is 2.70. The first-order valence-corrected chi connectivity index (χ1v) is 10.1. The molecular formula is C21H23FN4OS. The Hall–Kier alpha value is -2.67. The first-order valence-electron chi connectivity index (χ1n) is 9.20. The number of thioether (sulfide) groups is 1. The Kier molecular flexibility index (Phi) is 6.46. The van der Waals surface area contributed by atoms with Crippen molar-refractivity contribution < 1.29 is 9.18 Å². The first-order chi connectivity index (χ1) is 13.5. The van der Waals surface area contributed by atoms with Crippen LogP contribution < -0.4 is 5.32 Å². The Morgan fingerprint density at radius 2 is 1.82 bits per heavy atom. The van der Waals surface area contributed by atoms with Gasteiger partial charge >= 0.3 is 0 Å². The van der Waals surface area contributed by atoms with E-state index in [9.17, 15) is 9.18 Å². The van der Waals surface area contributed by atoms with Gasteiger partial charge in [0.25, 0.3) is 0 Å². The Morgan fingerprint density at radius 3 is 2.46 bits per heavy atom. The monoisotopic (exact) mass is 398 g/mol. The predicted octanol–water partition coefficient (Wildman–Crippen LogP) is 4.53. The largest absolute Gasteiger partial charge is 0.349 e. The lowest BCUT2D eigenvalue weighted by molar-refractivity contribution is -0.120. The zero-order chi connectivity index (χ0) is 20.1. The Morgan fingerprint density at radius 1 is 1.14 bits per heavy atom. The minimum atomic E-state index is -0.367. The van der Waals surface area contributed by atoms with Crippen LogP contribution in [0.5, 0.6) is 0 Å². The van der Waals surface area contributed by atoms with Crippen molar-refractivity contribution in [2.45, 2.75) is 43.6 Å². The van der Waals surface area contributed by atoms with Gasteiger partial charge in [0.2, 0.25) is 11.1 Å². The molecule has 0 bridgehead atoms. The number of aromatic nitrogens is 3. The number of benzene rings is 2. The van der Waals surface area contributed by atoms with E-state index in [4.69, 9.17) is 0 Å². The van der Waals surface area contributed by atoms with Crippen LogP contribution in [0.4, 0.5) is 4.39 Å². The summed E-state index contributed by atoms with van der Waals surface area (Å²) in [5, 5.41) is 10.2. The number of H-pyrrole nitrogens is 1. The Balaban J connectivity index is 1.59.